The summed E-state index contributed by atoms with van der Waals surface area (Å²) in [6, 6.07) is 14.0. The van der Waals surface area contributed by atoms with E-state index in [2.05, 4.69) is 11.2 Å². The van der Waals surface area contributed by atoms with Crippen LogP contribution in [-0.2, 0) is 16.5 Å². The summed E-state index contributed by atoms with van der Waals surface area (Å²) in [5, 5.41) is 26.8. The number of fused-ring (bicyclic) bond motifs is 2. The molecule has 1 aliphatic heterocycles. The molecule has 0 bridgehead atoms. The number of benzene rings is 2. The predicted molar refractivity (Wildman–Crippen MR) is 116 cm³/mol. The van der Waals surface area contributed by atoms with Crippen molar-refractivity contribution in [3.05, 3.63) is 69.6 Å². The Morgan fingerprint density at radius 3 is 2.50 bits per heavy atom. The smallest absolute Gasteiger partial charge is 0.274 e. The van der Waals surface area contributed by atoms with Gasteiger partial charge in [-0.05, 0) is 24.3 Å². The van der Waals surface area contributed by atoms with Crippen molar-refractivity contribution in [1.29, 1.82) is 5.26 Å². The highest BCUT2D eigenvalue weighted by Crippen LogP contribution is 2.49. The van der Waals surface area contributed by atoms with E-state index in [4.69, 9.17) is 19.9 Å². The molecule has 166 valence electrons. The molecular weight excluding hydrogens is 412 g/mol. The van der Waals surface area contributed by atoms with Crippen molar-refractivity contribution in [2.75, 3.05) is 27.4 Å². The van der Waals surface area contributed by atoms with Crippen LogP contribution in [0, 0.1) is 11.3 Å². The van der Waals surface area contributed by atoms with Crippen LogP contribution in [0.1, 0.15) is 22.7 Å². The number of hydrogen-bond donors (Lipinski definition) is 2. The molecular formula is C23H24N4O5. The van der Waals surface area contributed by atoms with E-state index in [1.54, 1.807) is 42.5 Å². The quantitative estimate of drug-likeness (QED) is 0.566. The second-order valence-corrected chi connectivity index (χ2v) is 7.94. The summed E-state index contributed by atoms with van der Waals surface area (Å²) < 4.78 is 18.2. The van der Waals surface area contributed by atoms with Crippen molar-refractivity contribution < 1.29 is 19.3 Å². The van der Waals surface area contributed by atoms with Gasteiger partial charge in [-0.2, -0.15) is 10.4 Å². The molecule has 1 aliphatic rings. The summed E-state index contributed by atoms with van der Waals surface area (Å²) in [6.45, 7) is -0.152. The van der Waals surface area contributed by atoms with Gasteiger partial charge >= 0.3 is 0 Å². The van der Waals surface area contributed by atoms with Crippen LogP contribution in [0.15, 0.2) is 47.3 Å². The maximum atomic E-state index is 12.7. The molecule has 0 amide bonds. The summed E-state index contributed by atoms with van der Waals surface area (Å²) in [4.78, 5) is 12.7. The maximum Gasteiger partial charge on any atom is 0.274 e. The van der Waals surface area contributed by atoms with Crippen LogP contribution in [0.25, 0.3) is 10.8 Å². The Kier molecular flexibility index (Phi) is 5.48. The lowest BCUT2D eigenvalue weighted by Gasteiger charge is -2.51. The van der Waals surface area contributed by atoms with Crippen LogP contribution >= 0.6 is 0 Å². The number of aromatic nitrogens is 2. The third-order valence-electron chi connectivity index (χ3n) is 5.94. The first-order valence-electron chi connectivity index (χ1n) is 9.98. The largest absolute Gasteiger partial charge is 0.478 e. The number of aryl methyl sites for hydroxylation is 1. The van der Waals surface area contributed by atoms with Crippen LogP contribution in [-0.4, -0.2) is 53.6 Å². The van der Waals surface area contributed by atoms with E-state index in [1.807, 2.05) is 0 Å². The van der Waals surface area contributed by atoms with E-state index in [-0.39, 0.29) is 18.8 Å². The monoisotopic (exact) mass is 436 g/mol. The van der Waals surface area contributed by atoms with Crippen molar-refractivity contribution >= 4 is 10.8 Å². The van der Waals surface area contributed by atoms with E-state index >= 15 is 0 Å². The molecule has 32 heavy (non-hydrogen) atoms. The molecule has 9 nitrogen and oxygen atoms in total. The number of nitrogens with two attached hydrogens (primary N) is 1. The molecule has 0 saturated carbocycles. The molecule has 3 aromatic rings. The minimum absolute atomic E-state index is 0.0759. The molecule has 2 aromatic carbocycles. The Hall–Kier alpha value is -3.29. The Morgan fingerprint density at radius 1 is 1.22 bits per heavy atom. The summed E-state index contributed by atoms with van der Waals surface area (Å²) in [5.74, 6) is -0.542. The highest BCUT2D eigenvalue weighted by molar-refractivity contribution is 5.84. The van der Waals surface area contributed by atoms with Gasteiger partial charge in [0.05, 0.1) is 41.8 Å². The highest BCUT2D eigenvalue weighted by atomic mass is 16.6. The Bertz CT molecular complexity index is 1270. The zero-order chi connectivity index (χ0) is 23.1. The molecule has 0 aliphatic carbocycles. The Labute approximate surface area is 184 Å². The molecule has 3 N–H and O–H groups in total. The topological polar surface area (TPSA) is 133 Å². The predicted octanol–water partition coefficient (Wildman–Crippen LogP) is 1.01. The standard InChI is InChI=1S/C23H24N4O5/c1-27-21(28)16-7-5-4-6-15(16)20(26-27)19-17-10-14(11-24)8-9-18(17)32-22(12-30-2,13-31-3)23(19,25)29/h4-10,19,29H,12-13,25H2,1-3H3/t19-,23+/m1/s1. The van der Waals surface area contributed by atoms with Crippen molar-refractivity contribution in [3.8, 4) is 11.8 Å². The first-order valence-corrected chi connectivity index (χ1v) is 9.98. The van der Waals surface area contributed by atoms with Crippen LogP contribution < -0.4 is 16.0 Å². The summed E-state index contributed by atoms with van der Waals surface area (Å²) in [5.41, 5.74) is 4.04. The molecule has 1 aromatic heterocycles. The summed E-state index contributed by atoms with van der Waals surface area (Å²) in [7, 11) is 4.48. The van der Waals surface area contributed by atoms with Crippen LogP contribution in [0.5, 0.6) is 5.75 Å². The van der Waals surface area contributed by atoms with Crippen LogP contribution in [0.2, 0.25) is 0 Å². The molecule has 0 radical (unpaired) electrons. The van der Waals surface area contributed by atoms with E-state index in [0.717, 1.165) is 0 Å². The lowest BCUT2D eigenvalue weighted by molar-refractivity contribution is -0.198. The van der Waals surface area contributed by atoms with Gasteiger partial charge < -0.3 is 19.3 Å². The minimum atomic E-state index is -2.08. The van der Waals surface area contributed by atoms with E-state index in [9.17, 15) is 15.2 Å². The molecule has 0 unspecified atom stereocenters. The summed E-state index contributed by atoms with van der Waals surface area (Å²) >= 11 is 0. The molecule has 0 spiro atoms. The first-order chi connectivity index (χ1) is 15.3. The normalized spacial score (nSPS) is 21.6. The van der Waals surface area contributed by atoms with Gasteiger partial charge in [0.1, 0.15) is 5.75 Å². The van der Waals surface area contributed by atoms with Gasteiger partial charge in [-0.1, -0.05) is 18.2 Å². The van der Waals surface area contributed by atoms with Gasteiger partial charge in [0.2, 0.25) is 0 Å². The first kappa shape index (κ1) is 21.9. The molecule has 0 fully saturated rings. The third kappa shape index (κ3) is 3.16. The number of rotatable bonds is 5. The van der Waals surface area contributed by atoms with Crippen LogP contribution in [0.4, 0.5) is 0 Å². The maximum absolute atomic E-state index is 12.7. The van der Waals surface area contributed by atoms with Gasteiger partial charge in [-0.15, -0.1) is 0 Å². The van der Waals surface area contributed by atoms with Crippen molar-refractivity contribution in [1.82, 2.24) is 9.78 Å². The lowest BCUT2D eigenvalue weighted by atomic mass is 9.72. The fourth-order valence-electron chi connectivity index (χ4n) is 4.42. The zero-order valence-electron chi connectivity index (χ0n) is 18.0. The summed E-state index contributed by atoms with van der Waals surface area (Å²) in [6.07, 6.45) is 0. The van der Waals surface area contributed by atoms with Crippen molar-refractivity contribution in [3.63, 3.8) is 0 Å². The van der Waals surface area contributed by atoms with Crippen molar-refractivity contribution in [2.45, 2.75) is 17.2 Å². The molecule has 0 saturated heterocycles. The fourth-order valence-corrected chi connectivity index (χ4v) is 4.42. The molecule has 2 heterocycles. The second kappa shape index (κ2) is 8.00. The fraction of sp³-hybridized carbons (Fsp3) is 0.348. The van der Waals surface area contributed by atoms with E-state index < -0.39 is 17.2 Å². The highest BCUT2D eigenvalue weighted by Gasteiger charge is 2.60. The van der Waals surface area contributed by atoms with Gasteiger partial charge in [0.25, 0.3) is 5.56 Å². The number of nitrogens with zero attached hydrogens (tertiary/aromatic N) is 3. The number of aliphatic hydroxyl groups is 1. The van der Waals surface area contributed by atoms with E-state index in [1.165, 1.54) is 25.9 Å². The van der Waals surface area contributed by atoms with Gasteiger partial charge in [0.15, 0.2) is 11.3 Å². The van der Waals surface area contributed by atoms with Gasteiger partial charge in [0, 0.05) is 32.2 Å². The average molecular weight is 436 g/mol. The van der Waals surface area contributed by atoms with Crippen molar-refractivity contribution in [2.24, 2.45) is 12.8 Å². The minimum Gasteiger partial charge on any atom is -0.478 e. The SMILES string of the molecule is COCC1(COC)Oc2ccc(C#N)cc2[C@H](c2nn(C)c(=O)c3ccccc23)[C@]1(N)O. The number of ether oxygens (including phenoxy) is 3. The zero-order valence-corrected chi connectivity index (χ0v) is 18.0. The number of methoxy groups -OCH3 is 2. The second-order valence-electron chi connectivity index (χ2n) is 7.94. The van der Waals surface area contributed by atoms with E-state index in [0.29, 0.717) is 33.3 Å². The Morgan fingerprint density at radius 2 is 1.88 bits per heavy atom. The molecule has 4 rings (SSSR count). The van der Waals surface area contributed by atoms with Crippen LogP contribution in [0.3, 0.4) is 0 Å². The molecule has 2 atom stereocenters. The number of nitriles is 1. The lowest BCUT2D eigenvalue weighted by Crippen LogP contribution is -2.72. The molecule has 9 heteroatoms. The third-order valence-corrected chi connectivity index (χ3v) is 5.94. The van der Waals surface area contributed by atoms with Gasteiger partial charge in [-0.25, -0.2) is 4.68 Å². The average Bonchev–Trinajstić information content (AvgIpc) is 2.77. The Balaban J connectivity index is 2.10. The number of hydrogen-bond acceptors (Lipinski definition) is 8. The van der Waals surface area contributed by atoms with Gasteiger partial charge in [-0.3, -0.25) is 10.5 Å².